The van der Waals surface area contributed by atoms with Gasteiger partial charge in [-0.05, 0) is 42.7 Å². The largest absolute Gasteiger partial charge is 0.350 e. The summed E-state index contributed by atoms with van der Waals surface area (Å²) in [6.45, 7) is 4.59. The van der Waals surface area contributed by atoms with Gasteiger partial charge >= 0.3 is 0 Å². The lowest BCUT2D eigenvalue weighted by atomic mass is 10.1. The van der Waals surface area contributed by atoms with E-state index < -0.39 is 6.04 Å². The fraction of sp³-hybridized carbons (Fsp3) is 0.231. The third-order valence-corrected chi connectivity index (χ3v) is 5.47. The summed E-state index contributed by atoms with van der Waals surface area (Å²) < 4.78 is 0. The highest BCUT2D eigenvalue weighted by Gasteiger charge is 2.26. The summed E-state index contributed by atoms with van der Waals surface area (Å²) in [7, 11) is 0. The van der Waals surface area contributed by atoms with E-state index >= 15 is 0 Å². The Labute approximate surface area is 188 Å². The second kappa shape index (κ2) is 10.8. The van der Waals surface area contributed by atoms with E-state index in [1.165, 1.54) is 5.56 Å². The summed E-state index contributed by atoms with van der Waals surface area (Å²) >= 11 is 5.96. The third kappa shape index (κ3) is 6.69. The van der Waals surface area contributed by atoms with Gasteiger partial charge in [-0.2, -0.15) is 0 Å². The van der Waals surface area contributed by atoms with Crippen LogP contribution in [0, 0.1) is 6.92 Å². The second-order valence-corrected chi connectivity index (χ2v) is 8.13. The Balaban J connectivity index is 1.72. The summed E-state index contributed by atoms with van der Waals surface area (Å²) in [5, 5.41) is 3.59. The van der Waals surface area contributed by atoms with Gasteiger partial charge in [0.1, 0.15) is 6.04 Å². The van der Waals surface area contributed by atoms with E-state index in [2.05, 4.69) is 5.32 Å². The normalized spacial score (nSPS) is 11.6. The van der Waals surface area contributed by atoms with Crippen LogP contribution in [-0.2, 0) is 29.1 Å². The Morgan fingerprint density at radius 1 is 0.871 bits per heavy atom. The molecule has 1 atom stereocenters. The summed E-state index contributed by atoms with van der Waals surface area (Å²) in [6, 6.07) is 24.3. The molecule has 3 rings (SSSR count). The van der Waals surface area contributed by atoms with Crippen molar-refractivity contribution in [3.05, 3.63) is 106 Å². The molecule has 0 bridgehead atoms. The minimum Gasteiger partial charge on any atom is -0.350 e. The molecule has 3 aromatic rings. The number of benzene rings is 3. The molecule has 5 heteroatoms. The fourth-order valence-corrected chi connectivity index (χ4v) is 3.41. The molecule has 0 saturated heterocycles. The smallest absolute Gasteiger partial charge is 0.242 e. The molecular formula is C26H27ClN2O2. The number of hydrogen-bond acceptors (Lipinski definition) is 2. The zero-order chi connectivity index (χ0) is 22.2. The standard InChI is InChI=1S/C26H27ClN2O2/c1-19-8-10-22(11-9-19)17-28-26(31)20(2)29(18-23-6-4-3-5-7-23)25(30)16-21-12-14-24(27)15-13-21/h3-15,20H,16-18H2,1-2H3,(H,28,31)/t20-/m1/s1. The first-order valence-electron chi connectivity index (χ1n) is 10.3. The summed E-state index contributed by atoms with van der Waals surface area (Å²) in [5.41, 5.74) is 4.03. The number of carbonyl (C=O) groups is 2. The van der Waals surface area contributed by atoms with E-state index in [1.807, 2.05) is 73.7 Å². The Morgan fingerprint density at radius 3 is 2.13 bits per heavy atom. The molecule has 0 spiro atoms. The van der Waals surface area contributed by atoms with Crippen LogP contribution in [0.25, 0.3) is 0 Å². The van der Waals surface area contributed by atoms with Gasteiger partial charge in [-0.15, -0.1) is 0 Å². The molecule has 1 N–H and O–H groups in total. The van der Waals surface area contributed by atoms with Crippen LogP contribution in [-0.4, -0.2) is 22.8 Å². The number of nitrogens with one attached hydrogen (secondary N) is 1. The number of halogens is 1. The average Bonchev–Trinajstić information content (AvgIpc) is 2.78. The van der Waals surface area contributed by atoms with Crippen LogP contribution in [0.1, 0.15) is 29.2 Å². The zero-order valence-electron chi connectivity index (χ0n) is 17.8. The van der Waals surface area contributed by atoms with Crippen LogP contribution in [0.5, 0.6) is 0 Å². The van der Waals surface area contributed by atoms with Gasteiger partial charge in [0.2, 0.25) is 11.8 Å². The maximum atomic E-state index is 13.2. The lowest BCUT2D eigenvalue weighted by Gasteiger charge is -2.29. The lowest BCUT2D eigenvalue weighted by molar-refractivity contribution is -0.140. The van der Waals surface area contributed by atoms with E-state index in [-0.39, 0.29) is 18.2 Å². The van der Waals surface area contributed by atoms with E-state index in [1.54, 1.807) is 24.0 Å². The molecule has 3 aromatic carbocycles. The van der Waals surface area contributed by atoms with Gasteiger partial charge in [0.05, 0.1) is 6.42 Å². The van der Waals surface area contributed by atoms with Crippen LogP contribution in [0.15, 0.2) is 78.9 Å². The molecule has 4 nitrogen and oxygen atoms in total. The van der Waals surface area contributed by atoms with Crippen molar-refractivity contribution in [2.24, 2.45) is 0 Å². The number of amides is 2. The van der Waals surface area contributed by atoms with Crippen LogP contribution in [0.4, 0.5) is 0 Å². The molecule has 0 saturated carbocycles. The van der Waals surface area contributed by atoms with E-state index in [9.17, 15) is 9.59 Å². The van der Waals surface area contributed by atoms with Gasteiger partial charge in [-0.1, -0.05) is 83.9 Å². The number of hydrogen-bond donors (Lipinski definition) is 1. The average molecular weight is 435 g/mol. The number of aryl methyl sites for hydroxylation is 1. The molecule has 0 aliphatic rings. The molecule has 0 unspecified atom stereocenters. The van der Waals surface area contributed by atoms with Crippen molar-refractivity contribution in [3.63, 3.8) is 0 Å². The lowest BCUT2D eigenvalue weighted by Crippen LogP contribution is -2.47. The first-order valence-corrected chi connectivity index (χ1v) is 10.7. The van der Waals surface area contributed by atoms with Gasteiger partial charge < -0.3 is 10.2 Å². The molecule has 0 aliphatic heterocycles. The molecule has 0 aliphatic carbocycles. The first kappa shape index (κ1) is 22.6. The van der Waals surface area contributed by atoms with Gasteiger partial charge in [0.25, 0.3) is 0 Å². The summed E-state index contributed by atoms with van der Waals surface area (Å²) in [5.74, 6) is -0.287. The van der Waals surface area contributed by atoms with Crippen molar-refractivity contribution in [2.45, 2.75) is 39.4 Å². The topological polar surface area (TPSA) is 49.4 Å². The number of carbonyl (C=O) groups excluding carboxylic acids is 2. The number of rotatable bonds is 8. The highest BCUT2D eigenvalue weighted by Crippen LogP contribution is 2.15. The van der Waals surface area contributed by atoms with E-state index in [4.69, 9.17) is 11.6 Å². The molecule has 160 valence electrons. The predicted molar refractivity (Wildman–Crippen MR) is 125 cm³/mol. The molecule has 0 heterocycles. The number of nitrogens with zero attached hydrogens (tertiary/aromatic N) is 1. The van der Waals surface area contributed by atoms with Crippen LogP contribution >= 0.6 is 11.6 Å². The predicted octanol–water partition coefficient (Wildman–Crippen LogP) is 4.92. The van der Waals surface area contributed by atoms with Crippen molar-refractivity contribution < 1.29 is 9.59 Å². The first-order chi connectivity index (χ1) is 14.9. The summed E-state index contributed by atoms with van der Waals surface area (Å²) in [4.78, 5) is 27.7. The molecule has 31 heavy (non-hydrogen) atoms. The van der Waals surface area contributed by atoms with Crippen molar-refractivity contribution in [1.82, 2.24) is 10.2 Å². The monoisotopic (exact) mass is 434 g/mol. The maximum Gasteiger partial charge on any atom is 0.242 e. The minimum atomic E-state index is -0.606. The minimum absolute atomic E-state index is 0.107. The van der Waals surface area contributed by atoms with Crippen LogP contribution in [0.3, 0.4) is 0 Å². The molecule has 0 radical (unpaired) electrons. The third-order valence-electron chi connectivity index (χ3n) is 5.22. The van der Waals surface area contributed by atoms with Gasteiger partial charge in [-0.3, -0.25) is 9.59 Å². The Hall–Kier alpha value is -3.11. The SMILES string of the molecule is Cc1ccc(CNC(=O)[C@@H](C)N(Cc2ccccc2)C(=O)Cc2ccc(Cl)cc2)cc1. The Kier molecular flexibility index (Phi) is 7.85. The molecule has 0 fully saturated rings. The van der Waals surface area contributed by atoms with Crippen molar-refractivity contribution in [3.8, 4) is 0 Å². The van der Waals surface area contributed by atoms with Crippen molar-refractivity contribution in [2.75, 3.05) is 0 Å². The van der Waals surface area contributed by atoms with Crippen molar-refractivity contribution >= 4 is 23.4 Å². The molecular weight excluding hydrogens is 408 g/mol. The maximum absolute atomic E-state index is 13.2. The van der Waals surface area contributed by atoms with E-state index in [0.717, 1.165) is 16.7 Å². The van der Waals surface area contributed by atoms with Gasteiger partial charge in [0, 0.05) is 18.1 Å². The van der Waals surface area contributed by atoms with Crippen molar-refractivity contribution in [1.29, 1.82) is 0 Å². The van der Waals surface area contributed by atoms with Gasteiger partial charge in [-0.25, -0.2) is 0 Å². The van der Waals surface area contributed by atoms with Crippen LogP contribution < -0.4 is 5.32 Å². The highest BCUT2D eigenvalue weighted by molar-refractivity contribution is 6.30. The Bertz CT molecular complexity index is 1000. The Morgan fingerprint density at radius 2 is 1.48 bits per heavy atom. The van der Waals surface area contributed by atoms with E-state index in [0.29, 0.717) is 18.1 Å². The zero-order valence-corrected chi connectivity index (χ0v) is 18.6. The molecule has 2 amide bonds. The fourth-order valence-electron chi connectivity index (χ4n) is 3.28. The summed E-state index contributed by atoms with van der Waals surface area (Å²) in [6.07, 6.45) is 0.208. The van der Waals surface area contributed by atoms with Gasteiger partial charge in [0.15, 0.2) is 0 Å². The molecule has 0 aromatic heterocycles. The second-order valence-electron chi connectivity index (χ2n) is 7.69. The van der Waals surface area contributed by atoms with Crippen LogP contribution in [0.2, 0.25) is 5.02 Å². The highest BCUT2D eigenvalue weighted by atomic mass is 35.5. The quantitative estimate of drug-likeness (QED) is 0.546.